The Morgan fingerprint density at radius 2 is 1.44 bits per heavy atom. The highest BCUT2D eigenvalue weighted by atomic mass is 15.3. The summed E-state index contributed by atoms with van der Waals surface area (Å²) in [6.45, 7) is 9.85. The van der Waals surface area contributed by atoms with Gasteiger partial charge in [0.2, 0.25) is 0 Å². The lowest BCUT2D eigenvalue weighted by molar-refractivity contribution is 0.250. The topological polar surface area (TPSA) is 6.48 Å². The van der Waals surface area contributed by atoms with Crippen LogP contribution in [0.25, 0.3) is 11.1 Å². The van der Waals surface area contributed by atoms with E-state index < -0.39 is 0 Å². The summed E-state index contributed by atoms with van der Waals surface area (Å²) < 4.78 is 0. The van der Waals surface area contributed by atoms with E-state index in [9.17, 15) is 0 Å². The fraction of sp³-hybridized carbons (Fsp3) is 0.280. The Kier molecular flexibility index (Phi) is 5.26. The molecule has 2 heteroatoms. The Balaban J connectivity index is 1.40. The quantitative estimate of drug-likeness (QED) is 0.626. The Morgan fingerprint density at radius 3 is 2.22 bits per heavy atom. The molecule has 1 fully saturated rings. The number of anilines is 1. The smallest absolute Gasteiger partial charge is 0.0399 e. The molecule has 0 unspecified atom stereocenters. The number of aryl methyl sites for hydroxylation is 2. The van der Waals surface area contributed by atoms with Crippen LogP contribution < -0.4 is 4.90 Å². The van der Waals surface area contributed by atoms with E-state index in [1.807, 2.05) is 0 Å². The van der Waals surface area contributed by atoms with Gasteiger partial charge in [-0.25, -0.2) is 0 Å². The summed E-state index contributed by atoms with van der Waals surface area (Å²) in [6.07, 6.45) is 0. The van der Waals surface area contributed by atoms with Crippen LogP contribution in [0.15, 0.2) is 72.8 Å². The SMILES string of the molecule is Cc1ccc(C)c(N2CCN(Cc3cccc(-c4ccccc4)c3)CC2)c1. The molecule has 0 bridgehead atoms. The normalized spacial score (nSPS) is 15.1. The van der Waals surface area contributed by atoms with E-state index in [-0.39, 0.29) is 0 Å². The number of hydrogen-bond acceptors (Lipinski definition) is 2. The number of hydrogen-bond donors (Lipinski definition) is 0. The molecule has 0 radical (unpaired) electrons. The fourth-order valence-electron chi connectivity index (χ4n) is 3.95. The minimum Gasteiger partial charge on any atom is -0.369 e. The van der Waals surface area contributed by atoms with Gasteiger partial charge >= 0.3 is 0 Å². The lowest BCUT2D eigenvalue weighted by Crippen LogP contribution is -2.46. The van der Waals surface area contributed by atoms with Gasteiger partial charge in [-0.1, -0.05) is 60.7 Å². The maximum Gasteiger partial charge on any atom is 0.0399 e. The van der Waals surface area contributed by atoms with Gasteiger partial charge < -0.3 is 4.90 Å². The monoisotopic (exact) mass is 356 g/mol. The van der Waals surface area contributed by atoms with Crippen molar-refractivity contribution in [3.8, 4) is 11.1 Å². The van der Waals surface area contributed by atoms with Crippen LogP contribution in [-0.2, 0) is 6.54 Å². The van der Waals surface area contributed by atoms with Crippen molar-refractivity contribution >= 4 is 5.69 Å². The van der Waals surface area contributed by atoms with Crippen LogP contribution >= 0.6 is 0 Å². The van der Waals surface area contributed by atoms with Gasteiger partial charge in [-0.05, 0) is 53.8 Å². The van der Waals surface area contributed by atoms with Crippen LogP contribution in [0.3, 0.4) is 0 Å². The van der Waals surface area contributed by atoms with Crippen molar-refractivity contribution in [2.75, 3.05) is 31.1 Å². The molecule has 3 aromatic rings. The molecule has 0 aliphatic carbocycles. The summed E-state index contributed by atoms with van der Waals surface area (Å²) in [5.74, 6) is 0. The first-order valence-electron chi connectivity index (χ1n) is 9.88. The summed E-state index contributed by atoms with van der Waals surface area (Å²) in [4.78, 5) is 5.12. The van der Waals surface area contributed by atoms with Crippen LogP contribution in [-0.4, -0.2) is 31.1 Å². The first-order valence-corrected chi connectivity index (χ1v) is 9.88. The standard InChI is InChI=1S/C25H28N2/c1-20-11-12-21(2)25(17-20)27-15-13-26(14-16-27)19-22-7-6-10-24(18-22)23-8-4-3-5-9-23/h3-12,17-18H,13-16,19H2,1-2H3. The Labute approximate surface area is 163 Å². The first kappa shape index (κ1) is 17.8. The molecule has 0 atom stereocenters. The molecule has 4 rings (SSSR count). The molecule has 0 spiro atoms. The van der Waals surface area contributed by atoms with Crippen molar-refractivity contribution < 1.29 is 0 Å². The lowest BCUT2D eigenvalue weighted by atomic mass is 10.0. The second-order valence-corrected chi connectivity index (χ2v) is 7.62. The predicted octanol–water partition coefficient (Wildman–Crippen LogP) is 5.29. The van der Waals surface area contributed by atoms with Gasteiger partial charge in [0, 0.05) is 38.4 Å². The maximum absolute atomic E-state index is 2.58. The second-order valence-electron chi connectivity index (χ2n) is 7.62. The van der Waals surface area contributed by atoms with Gasteiger partial charge in [0.05, 0.1) is 0 Å². The molecule has 1 aliphatic rings. The Hall–Kier alpha value is -2.58. The number of nitrogens with zero attached hydrogens (tertiary/aromatic N) is 2. The maximum atomic E-state index is 2.58. The minimum absolute atomic E-state index is 1.03. The average molecular weight is 357 g/mol. The van der Waals surface area contributed by atoms with Crippen LogP contribution in [0, 0.1) is 13.8 Å². The number of benzene rings is 3. The number of rotatable bonds is 4. The molecule has 1 heterocycles. The molecule has 0 amide bonds. The zero-order valence-electron chi connectivity index (χ0n) is 16.4. The van der Waals surface area contributed by atoms with Crippen molar-refractivity contribution in [3.05, 3.63) is 89.5 Å². The molecule has 1 aliphatic heterocycles. The largest absolute Gasteiger partial charge is 0.369 e. The third-order valence-electron chi connectivity index (χ3n) is 5.52. The van der Waals surface area contributed by atoms with E-state index >= 15 is 0 Å². The molecule has 1 saturated heterocycles. The van der Waals surface area contributed by atoms with Crippen LogP contribution in [0.5, 0.6) is 0 Å². The molecular formula is C25H28N2. The predicted molar refractivity (Wildman–Crippen MR) is 115 cm³/mol. The highest BCUT2D eigenvalue weighted by Crippen LogP contribution is 2.24. The highest BCUT2D eigenvalue weighted by Gasteiger charge is 2.18. The zero-order valence-corrected chi connectivity index (χ0v) is 16.4. The molecule has 0 saturated carbocycles. The van der Waals surface area contributed by atoms with Gasteiger partial charge in [-0.3, -0.25) is 4.90 Å². The zero-order chi connectivity index (χ0) is 18.6. The molecule has 0 N–H and O–H groups in total. The third-order valence-corrected chi connectivity index (χ3v) is 5.52. The third kappa shape index (κ3) is 4.23. The van der Waals surface area contributed by atoms with Gasteiger partial charge in [0.1, 0.15) is 0 Å². The first-order chi connectivity index (χ1) is 13.2. The van der Waals surface area contributed by atoms with E-state index in [1.165, 1.54) is 33.5 Å². The minimum atomic E-state index is 1.03. The van der Waals surface area contributed by atoms with Crippen molar-refractivity contribution in [1.82, 2.24) is 4.90 Å². The van der Waals surface area contributed by atoms with Gasteiger partial charge in [0.15, 0.2) is 0 Å². The van der Waals surface area contributed by atoms with Crippen molar-refractivity contribution in [1.29, 1.82) is 0 Å². The van der Waals surface area contributed by atoms with Gasteiger partial charge in [0.25, 0.3) is 0 Å². The Bertz CT molecular complexity index is 893. The van der Waals surface area contributed by atoms with Gasteiger partial charge in [-0.2, -0.15) is 0 Å². The highest BCUT2D eigenvalue weighted by molar-refractivity contribution is 5.64. The molecule has 0 aromatic heterocycles. The Morgan fingerprint density at radius 1 is 0.704 bits per heavy atom. The number of piperazine rings is 1. The summed E-state index contributed by atoms with van der Waals surface area (Å²) in [5.41, 5.74) is 8.12. The summed E-state index contributed by atoms with van der Waals surface area (Å²) >= 11 is 0. The van der Waals surface area contributed by atoms with E-state index in [1.54, 1.807) is 0 Å². The molecule has 2 nitrogen and oxygen atoms in total. The van der Waals surface area contributed by atoms with Crippen LogP contribution in [0.1, 0.15) is 16.7 Å². The summed E-state index contributed by atoms with van der Waals surface area (Å²) in [7, 11) is 0. The van der Waals surface area contributed by atoms with E-state index in [4.69, 9.17) is 0 Å². The van der Waals surface area contributed by atoms with Crippen molar-refractivity contribution in [2.24, 2.45) is 0 Å². The second kappa shape index (κ2) is 7.98. The van der Waals surface area contributed by atoms with E-state index in [0.717, 1.165) is 32.7 Å². The summed E-state index contributed by atoms with van der Waals surface area (Å²) in [5, 5.41) is 0. The van der Waals surface area contributed by atoms with Crippen LogP contribution in [0.4, 0.5) is 5.69 Å². The lowest BCUT2D eigenvalue weighted by Gasteiger charge is -2.37. The van der Waals surface area contributed by atoms with Gasteiger partial charge in [-0.15, -0.1) is 0 Å². The molecular weight excluding hydrogens is 328 g/mol. The summed E-state index contributed by atoms with van der Waals surface area (Å²) in [6, 6.07) is 26.4. The average Bonchev–Trinajstić information content (AvgIpc) is 2.71. The molecule has 138 valence electrons. The fourth-order valence-corrected chi connectivity index (χ4v) is 3.95. The molecule has 27 heavy (non-hydrogen) atoms. The van der Waals surface area contributed by atoms with Crippen molar-refractivity contribution in [3.63, 3.8) is 0 Å². The van der Waals surface area contributed by atoms with Crippen molar-refractivity contribution in [2.45, 2.75) is 20.4 Å². The van der Waals surface area contributed by atoms with Crippen LogP contribution in [0.2, 0.25) is 0 Å². The van der Waals surface area contributed by atoms with E-state index in [2.05, 4.69) is 96.4 Å². The van der Waals surface area contributed by atoms with E-state index in [0.29, 0.717) is 0 Å². The molecule has 3 aromatic carbocycles.